The first-order valence-electron chi connectivity index (χ1n) is 9.33. The first kappa shape index (κ1) is 21.7. The first-order chi connectivity index (χ1) is 13.8. The Morgan fingerprint density at radius 3 is 2.43 bits per heavy atom. The first-order valence-corrected chi connectivity index (χ1v) is 9.33. The number of halogens is 3. The number of nitrogens with one attached hydrogen (secondary N) is 2. The van der Waals surface area contributed by atoms with Gasteiger partial charge >= 0.3 is 12.2 Å². The van der Waals surface area contributed by atoms with Gasteiger partial charge in [-0.1, -0.05) is 18.2 Å². The second-order valence-electron chi connectivity index (χ2n) is 8.35. The van der Waals surface area contributed by atoms with Gasteiger partial charge in [-0.15, -0.1) is 0 Å². The Morgan fingerprint density at radius 1 is 1.20 bits per heavy atom. The largest absolute Gasteiger partial charge is 0.416 e. The van der Waals surface area contributed by atoms with Gasteiger partial charge in [0.15, 0.2) is 0 Å². The molecule has 2 N–H and O–H groups in total. The minimum Gasteiger partial charge on any atom is -0.350 e. The monoisotopic (exact) mass is 424 g/mol. The summed E-state index contributed by atoms with van der Waals surface area (Å²) in [6, 6.07) is 2.94. The number of amides is 4. The van der Waals surface area contributed by atoms with Gasteiger partial charge in [-0.05, 0) is 32.4 Å². The second-order valence-corrected chi connectivity index (χ2v) is 8.35. The highest BCUT2D eigenvalue weighted by atomic mass is 19.4. The lowest BCUT2D eigenvalue weighted by atomic mass is 9.92. The minimum absolute atomic E-state index is 0.0392. The summed E-state index contributed by atoms with van der Waals surface area (Å²) in [5, 5.41) is 5.23. The molecular formula is C20H23F3N4O3. The molecule has 2 aliphatic rings. The number of likely N-dealkylation sites (N-methyl/N-ethyl adjacent to an activating group) is 1. The summed E-state index contributed by atoms with van der Waals surface area (Å²) in [5.74, 6) is -0.979. The predicted molar refractivity (Wildman–Crippen MR) is 102 cm³/mol. The molecule has 0 bridgehead atoms. The fourth-order valence-electron chi connectivity index (χ4n) is 3.62. The molecule has 0 fully saturated rings. The number of rotatable bonds is 3. The van der Waals surface area contributed by atoms with E-state index in [9.17, 15) is 27.6 Å². The number of nitrogens with zero attached hydrogens (tertiary/aromatic N) is 2. The third-order valence-corrected chi connectivity index (χ3v) is 4.86. The number of urea groups is 1. The Kier molecular flexibility index (Phi) is 5.30. The van der Waals surface area contributed by atoms with Crippen LogP contribution in [0, 0.1) is 0 Å². The topological polar surface area (TPSA) is 81.8 Å². The fourth-order valence-corrected chi connectivity index (χ4v) is 3.62. The Labute approximate surface area is 171 Å². The molecule has 0 saturated carbocycles. The smallest absolute Gasteiger partial charge is 0.350 e. The van der Waals surface area contributed by atoms with Gasteiger partial charge in [-0.3, -0.25) is 14.5 Å². The molecular weight excluding hydrogens is 401 g/mol. The van der Waals surface area contributed by atoms with Gasteiger partial charge in [0, 0.05) is 12.6 Å². The van der Waals surface area contributed by atoms with Gasteiger partial charge in [0.1, 0.15) is 6.54 Å². The Bertz CT molecular complexity index is 934. The van der Waals surface area contributed by atoms with Crippen LogP contribution in [0.3, 0.4) is 0 Å². The molecule has 0 spiro atoms. The zero-order valence-corrected chi connectivity index (χ0v) is 17.1. The molecule has 1 aromatic rings. The van der Waals surface area contributed by atoms with E-state index in [-0.39, 0.29) is 29.9 Å². The van der Waals surface area contributed by atoms with Crippen molar-refractivity contribution < 1.29 is 27.6 Å². The van der Waals surface area contributed by atoms with Crippen molar-refractivity contribution in [2.45, 2.75) is 38.5 Å². The number of alkyl halides is 3. The lowest BCUT2D eigenvalue weighted by molar-refractivity contribution is -0.138. The summed E-state index contributed by atoms with van der Waals surface area (Å²) in [7, 11) is 1.43. The molecule has 2 aliphatic heterocycles. The normalized spacial score (nSPS) is 19.8. The highest BCUT2D eigenvalue weighted by Crippen LogP contribution is 2.41. The molecule has 1 aromatic carbocycles. The SMILES string of the molecule is CN1C(=O)NC(c2ccccc2C(F)(F)F)C2=C1CN(CC(=O)NC(C)(C)C)C2=O. The molecule has 10 heteroatoms. The molecule has 7 nitrogen and oxygen atoms in total. The van der Waals surface area contributed by atoms with Crippen molar-refractivity contribution in [3.05, 3.63) is 46.7 Å². The molecule has 0 saturated heterocycles. The van der Waals surface area contributed by atoms with Gasteiger partial charge in [-0.2, -0.15) is 13.2 Å². The zero-order chi connectivity index (χ0) is 22.4. The summed E-state index contributed by atoms with van der Waals surface area (Å²) < 4.78 is 40.6. The van der Waals surface area contributed by atoms with E-state index in [0.29, 0.717) is 0 Å². The van der Waals surface area contributed by atoms with Crippen LogP contribution in [0.2, 0.25) is 0 Å². The van der Waals surface area contributed by atoms with E-state index in [4.69, 9.17) is 0 Å². The maximum atomic E-state index is 13.5. The molecule has 162 valence electrons. The molecule has 30 heavy (non-hydrogen) atoms. The van der Waals surface area contributed by atoms with E-state index in [2.05, 4.69) is 10.6 Å². The zero-order valence-electron chi connectivity index (χ0n) is 17.1. The van der Waals surface area contributed by atoms with Crippen LogP contribution in [0.5, 0.6) is 0 Å². The lowest BCUT2D eigenvalue weighted by Gasteiger charge is -2.32. The van der Waals surface area contributed by atoms with Crippen LogP contribution >= 0.6 is 0 Å². The van der Waals surface area contributed by atoms with Crippen molar-refractivity contribution in [3.8, 4) is 0 Å². The molecule has 0 aromatic heterocycles. The summed E-state index contributed by atoms with van der Waals surface area (Å²) in [6.45, 7) is 5.07. The maximum Gasteiger partial charge on any atom is 0.416 e. The number of carbonyl (C=O) groups excluding carboxylic acids is 3. The molecule has 0 aliphatic carbocycles. The van der Waals surface area contributed by atoms with Crippen molar-refractivity contribution in [1.29, 1.82) is 0 Å². The van der Waals surface area contributed by atoms with Crippen LogP contribution in [0.15, 0.2) is 35.5 Å². The number of hydrogen-bond donors (Lipinski definition) is 2. The van der Waals surface area contributed by atoms with Crippen molar-refractivity contribution in [2.24, 2.45) is 0 Å². The number of carbonyl (C=O) groups is 3. The molecule has 1 unspecified atom stereocenters. The average molecular weight is 424 g/mol. The highest BCUT2D eigenvalue weighted by molar-refractivity contribution is 6.03. The predicted octanol–water partition coefficient (Wildman–Crippen LogP) is 2.41. The molecule has 0 radical (unpaired) electrons. The van der Waals surface area contributed by atoms with Gasteiger partial charge in [0.05, 0.1) is 29.4 Å². The van der Waals surface area contributed by atoms with Crippen molar-refractivity contribution in [3.63, 3.8) is 0 Å². The summed E-state index contributed by atoms with van der Waals surface area (Å²) in [5.41, 5.74) is -1.32. The van der Waals surface area contributed by atoms with Crippen LogP contribution in [-0.4, -0.2) is 53.3 Å². The third-order valence-electron chi connectivity index (χ3n) is 4.86. The Morgan fingerprint density at radius 2 is 1.83 bits per heavy atom. The van der Waals surface area contributed by atoms with E-state index in [0.717, 1.165) is 6.07 Å². The van der Waals surface area contributed by atoms with Crippen LogP contribution in [-0.2, 0) is 15.8 Å². The molecule has 3 rings (SSSR count). The van der Waals surface area contributed by atoms with Crippen molar-refractivity contribution in [1.82, 2.24) is 20.4 Å². The summed E-state index contributed by atoms with van der Waals surface area (Å²) in [4.78, 5) is 40.2. The van der Waals surface area contributed by atoms with Crippen LogP contribution in [0.1, 0.15) is 37.9 Å². The van der Waals surface area contributed by atoms with Gasteiger partial charge in [-0.25, -0.2) is 4.79 Å². The van der Waals surface area contributed by atoms with Crippen molar-refractivity contribution >= 4 is 17.8 Å². The molecule has 4 amide bonds. The number of hydrogen-bond acceptors (Lipinski definition) is 3. The standard InChI is InChI=1S/C20H23F3N4O3/c1-19(2,3)25-14(28)10-27-9-13-15(17(27)29)16(24-18(30)26(13)4)11-7-5-6-8-12(11)20(21,22)23/h5-8,16H,9-10H2,1-4H3,(H,24,30)(H,25,28). The summed E-state index contributed by atoms with van der Waals surface area (Å²) >= 11 is 0. The van der Waals surface area contributed by atoms with Crippen LogP contribution in [0.4, 0.5) is 18.0 Å². The van der Waals surface area contributed by atoms with E-state index in [1.165, 1.54) is 35.0 Å². The van der Waals surface area contributed by atoms with Gasteiger partial charge in [0.25, 0.3) is 5.91 Å². The Balaban J connectivity index is 1.97. The molecule has 2 heterocycles. The average Bonchev–Trinajstić information content (AvgIpc) is 2.92. The lowest BCUT2D eigenvalue weighted by Crippen LogP contribution is -2.46. The fraction of sp³-hybridized carbons (Fsp3) is 0.450. The maximum absolute atomic E-state index is 13.5. The van der Waals surface area contributed by atoms with E-state index < -0.39 is 41.2 Å². The minimum atomic E-state index is -4.65. The van der Waals surface area contributed by atoms with Gasteiger partial charge < -0.3 is 15.5 Å². The quantitative estimate of drug-likeness (QED) is 0.782. The van der Waals surface area contributed by atoms with Crippen LogP contribution in [0.25, 0.3) is 0 Å². The van der Waals surface area contributed by atoms with Crippen molar-refractivity contribution in [2.75, 3.05) is 20.1 Å². The van der Waals surface area contributed by atoms with E-state index >= 15 is 0 Å². The van der Waals surface area contributed by atoms with E-state index in [1.54, 1.807) is 20.8 Å². The van der Waals surface area contributed by atoms with Crippen LogP contribution < -0.4 is 10.6 Å². The highest BCUT2D eigenvalue weighted by Gasteiger charge is 2.46. The summed E-state index contributed by atoms with van der Waals surface area (Å²) in [6.07, 6.45) is -4.65. The number of benzene rings is 1. The molecule has 1 atom stereocenters. The Hall–Kier alpha value is -3.04. The third kappa shape index (κ3) is 4.12. The second kappa shape index (κ2) is 7.33. The van der Waals surface area contributed by atoms with E-state index in [1.807, 2.05) is 0 Å². The van der Waals surface area contributed by atoms with Gasteiger partial charge in [0.2, 0.25) is 5.91 Å².